The fraction of sp³-hybridized carbons (Fsp3) is 0.429. The van der Waals surface area contributed by atoms with Gasteiger partial charge in [0.25, 0.3) is 5.56 Å². The summed E-state index contributed by atoms with van der Waals surface area (Å²) in [6.45, 7) is 2.12. The topological polar surface area (TPSA) is 64.2 Å². The third-order valence-electron chi connectivity index (χ3n) is 3.14. The number of aryl methyl sites for hydroxylation is 1. The lowest BCUT2D eigenvalue weighted by molar-refractivity contribution is 0.358. The molecule has 0 amide bonds. The molecule has 2 aromatic rings. The first-order valence-corrected chi connectivity index (χ1v) is 6.35. The molecule has 2 rings (SSSR count). The van der Waals surface area contributed by atoms with Gasteiger partial charge in [0.1, 0.15) is 0 Å². The highest BCUT2D eigenvalue weighted by Gasteiger charge is 2.15. The highest BCUT2D eigenvalue weighted by Crippen LogP contribution is 2.35. The van der Waals surface area contributed by atoms with Crippen molar-refractivity contribution in [1.82, 2.24) is 10.2 Å². The third kappa shape index (κ3) is 2.41. The van der Waals surface area contributed by atoms with Gasteiger partial charge in [-0.1, -0.05) is 13.3 Å². The number of nitrogens with one attached hydrogen (secondary N) is 1. The van der Waals surface area contributed by atoms with Gasteiger partial charge in [-0.3, -0.25) is 4.79 Å². The van der Waals surface area contributed by atoms with E-state index in [1.807, 2.05) is 0 Å². The molecule has 0 unspecified atom stereocenters. The predicted octanol–water partition coefficient (Wildman–Crippen LogP) is 2.28. The lowest BCUT2D eigenvalue weighted by Crippen LogP contribution is -2.12. The van der Waals surface area contributed by atoms with E-state index in [2.05, 4.69) is 17.1 Å². The van der Waals surface area contributed by atoms with E-state index in [-0.39, 0.29) is 5.56 Å². The second-order valence-electron chi connectivity index (χ2n) is 4.33. The zero-order valence-electron chi connectivity index (χ0n) is 11.4. The smallest absolute Gasteiger partial charge is 0.272 e. The number of hydrogen-bond acceptors (Lipinski definition) is 4. The van der Waals surface area contributed by atoms with Crippen molar-refractivity contribution in [2.45, 2.75) is 26.2 Å². The van der Waals surface area contributed by atoms with E-state index in [0.717, 1.165) is 30.3 Å². The number of nitrogens with zero attached hydrogens (tertiary/aromatic N) is 1. The number of benzene rings is 1. The van der Waals surface area contributed by atoms with Gasteiger partial charge in [0, 0.05) is 0 Å². The molecule has 0 saturated heterocycles. The van der Waals surface area contributed by atoms with Gasteiger partial charge in [0.05, 0.1) is 30.7 Å². The number of aromatic nitrogens is 2. The third-order valence-corrected chi connectivity index (χ3v) is 3.14. The van der Waals surface area contributed by atoms with Gasteiger partial charge in [-0.25, -0.2) is 5.10 Å². The summed E-state index contributed by atoms with van der Waals surface area (Å²) in [7, 11) is 3.15. The van der Waals surface area contributed by atoms with Crippen LogP contribution in [0.1, 0.15) is 25.5 Å². The molecule has 1 aromatic heterocycles. The highest BCUT2D eigenvalue weighted by atomic mass is 16.5. The lowest BCUT2D eigenvalue weighted by atomic mass is 10.1. The Balaban J connectivity index is 2.75. The zero-order valence-corrected chi connectivity index (χ0v) is 11.4. The minimum atomic E-state index is -0.212. The van der Waals surface area contributed by atoms with Gasteiger partial charge in [-0.15, -0.1) is 0 Å². The van der Waals surface area contributed by atoms with Crippen molar-refractivity contribution < 1.29 is 9.47 Å². The Morgan fingerprint density at radius 2 is 2.05 bits per heavy atom. The summed E-state index contributed by atoms with van der Waals surface area (Å²) in [5, 5.41) is 8.02. The minimum absolute atomic E-state index is 0.212. The van der Waals surface area contributed by atoms with Crippen molar-refractivity contribution in [2.75, 3.05) is 14.2 Å². The van der Waals surface area contributed by atoms with Gasteiger partial charge >= 0.3 is 0 Å². The molecule has 5 nitrogen and oxygen atoms in total. The molecule has 5 heteroatoms. The van der Waals surface area contributed by atoms with Gasteiger partial charge < -0.3 is 9.47 Å². The lowest BCUT2D eigenvalue weighted by Gasteiger charge is -2.12. The monoisotopic (exact) mass is 262 g/mol. The molecular formula is C14H18N2O3. The van der Waals surface area contributed by atoms with Crippen LogP contribution in [-0.2, 0) is 6.42 Å². The van der Waals surface area contributed by atoms with E-state index in [1.54, 1.807) is 26.4 Å². The number of H-pyrrole nitrogens is 1. The maximum absolute atomic E-state index is 11.9. The number of unbranched alkanes of at least 4 members (excludes halogenated alkanes) is 1. The summed E-state index contributed by atoms with van der Waals surface area (Å²) in [5.41, 5.74) is 0.628. The highest BCUT2D eigenvalue weighted by molar-refractivity contribution is 5.91. The fourth-order valence-electron chi connectivity index (χ4n) is 2.16. The molecule has 0 aliphatic carbocycles. The van der Waals surface area contributed by atoms with Crippen molar-refractivity contribution in [1.29, 1.82) is 0 Å². The standard InChI is InChI=1S/C14H18N2O3/c1-4-5-6-10-12-9(14(17)16-15-10)7-8-11(18-2)13(12)19-3/h7-8H,4-6H2,1-3H3,(H,16,17). The van der Waals surface area contributed by atoms with E-state index in [1.165, 1.54) is 0 Å². The van der Waals surface area contributed by atoms with Gasteiger partial charge in [0.2, 0.25) is 0 Å². The van der Waals surface area contributed by atoms with Gasteiger partial charge in [-0.05, 0) is 25.0 Å². The van der Waals surface area contributed by atoms with Gasteiger partial charge in [0.15, 0.2) is 11.5 Å². The number of hydrogen-bond donors (Lipinski definition) is 1. The maximum atomic E-state index is 11.9. The molecular weight excluding hydrogens is 244 g/mol. The first-order chi connectivity index (χ1) is 9.22. The van der Waals surface area contributed by atoms with Crippen LogP contribution in [0, 0.1) is 0 Å². The molecule has 0 saturated carbocycles. The maximum Gasteiger partial charge on any atom is 0.272 e. The summed E-state index contributed by atoms with van der Waals surface area (Å²) in [6.07, 6.45) is 2.87. The van der Waals surface area contributed by atoms with Crippen LogP contribution < -0.4 is 15.0 Å². The normalized spacial score (nSPS) is 10.7. The summed E-state index contributed by atoms with van der Waals surface area (Å²) in [4.78, 5) is 11.9. The van der Waals surface area contributed by atoms with Crippen LogP contribution in [-0.4, -0.2) is 24.4 Å². The Labute approximate surface area is 111 Å². The van der Waals surface area contributed by atoms with Crippen molar-refractivity contribution in [3.05, 3.63) is 28.2 Å². The average molecular weight is 262 g/mol. The summed E-state index contributed by atoms with van der Waals surface area (Å²) < 4.78 is 10.7. The first-order valence-electron chi connectivity index (χ1n) is 6.35. The van der Waals surface area contributed by atoms with E-state index in [9.17, 15) is 4.79 Å². The zero-order chi connectivity index (χ0) is 13.8. The number of ether oxygens (including phenoxy) is 2. The Morgan fingerprint density at radius 3 is 2.68 bits per heavy atom. The molecule has 1 heterocycles. The van der Waals surface area contributed by atoms with E-state index in [4.69, 9.17) is 9.47 Å². The molecule has 0 spiro atoms. The summed E-state index contributed by atoms with van der Waals surface area (Å²) in [5.74, 6) is 1.19. The number of rotatable bonds is 5. The van der Waals surface area contributed by atoms with E-state index >= 15 is 0 Å². The quantitative estimate of drug-likeness (QED) is 0.897. The van der Waals surface area contributed by atoms with E-state index < -0.39 is 0 Å². The van der Waals surface area contributed by atoms with Crippen LogP contribution in [0.2, 0.25) is 0 Å². The molecule has 1 N–H and O–H groups in total. The Morgan fingerprint density at radius 1 is 1.26 bits per heavy atom. The summed E-state index contributed by atoms with van der Waals surface area (Å²) in [6, 6.07) is 3.48. The van der Waals surface area contributed by atoms with Crippen LogP contribution in [0.25, 0.3) is 10.8 Å². The number of methoxy groups -OCH3 is 2. The van der Waals surface area contributed by atoms with Crippen LogP contribution in [0.3, 0.4) is 0 Å². The molecule has 19 heavy (non-hydrogen) atoms. The number of fused-ring (bicyclic) bond motifs is 1. The molecule has 0 bridgehead atoms. The van der Waals surface area contributed by atoms with Crippen LogP contribution >= 0.6 is 0 Å². The largest absolute Gasteiger partial charge is 0.493 e. The van der Waals surface area contributed by atoms with Crippen LogP contribution in [0.5, 0.6) is 11.5 Å². The Kier molecular flexibility index (Phi) is 4.04. The van der Waals surface area contributed by atoms with Crippen molar-refractivity contribution in [2.24, 2.45) is 0 Å². The molecule has 1 aromatic carbocycles. The molecule has 0 aliphatic heterocycles. The molecule has 0 fully saturated rings. The van der Waals surface area contributed by atoms with Crippen molar-refractivity contribution in [3.63, 3.8) is 0 Å². The molecule has 102 valence electrons. The van der Waals surface area contributed by atoms with Crippen molar-refractivity contribution in [3.8, 4) is 11.5 Å². The van der Waals surface area contributed by atoms with E-state index in [0.29, 0.717) is 16.9 Å². The average Bonchev–Trinajstić information content (AvgIpc) is 2.45. The fourth-order valence-corrected chi connectivity index (χ4v) is 2.16. The molecule has 0 atom stereocenters. The first kappa shape index (κ1) is 13.4. The van der Waals surface area contributed by atoms with Crippen LogP contribution in [0.4, 0.5) is 0 Å². The van der Waals surface area contributed by atoms with Crippen molar-refractivity contribution >= 4 is 10.8 Å². The Bertz CT molecular complexity index is 634. The molecule has 0 aliphatic rings. The predicted molar refractivity (Wildman–Crippen MR) is 74.1 cm³/mol. The second-order valence-corrected chi connectivity index (χ2v) is 4.33. The Hall–Kier alpha value is -2.04. The SMILES string of the molecule is CCCCc1n[nH]c(=O)c2ccc(OC)c(OC)c12. The minimum Gasteiger partial charge on any atom is -0.493 e. The van der Waals surface area contributed by atoms with Crippen LogP contribution in [0.15, 0.2) is 16.9 Å². The van der Waals surface area contributed by atoms with Gasteiger partial charge in [-0.2, -0.15) is 5.10 Å². The summed E-state index contributed by atoms with van der Waals surface area (Å²) >= 11 is 0. The number of aromatic amines is 1. The second kappa shape index (κ2) is 5.73. The molecule has 0 radical (unpaired) electrons.